The maximum absolute atomic E-state index is 4.02. The molecule has 0 saturated carbocycles. The van der Waals surface area contributed by atoms with E-state index in [1.807, 2.05) is 7.05 Å². The first-order valence-electron chi connectivity index (χ1n) is 2.27. The van der Waals surface area contributed by atoms with Crippen molar-refractivity contribution in [3.8, 4) is 0 Å². The van der Waals surface area contributed by atoms with Gasteiger partial charge >= 0.3 is 48.9 Å². The topological polar surface area (TPSA) is 24.4 Å². The van der Waals surface area contributed by atoms with Gasteiger partial charge in [0.2, 0.25) is 0 Å². The second kappa shape index (κ2) is 2.34. The molecule has 0 bridgehead atoms. The summed E-state index contributed by atoms with van der Waals surface area (Å²) in [4.78, 5) is 4.02. The molecule has 0 unspecified atom stereocenters. The van der Waals surface area contributed by atoms with Crippen molar-refractivity contribution in [3.05, 3.63) is 0 Å². The van der Waals surface area contributed by atoms with Gasteiger partial charge in [-0.1, -0.05) is 0 Å². The summed E-state index contributed by atoms with van der Waals surface area (Å²) in [7, 11) is 1.84. The van der Waals surface area contributed by atoms with Crippen molar-refractivity contribution in [2.75, 3.05) is 13.6 Å². The van der Waals surface area contributed by atoms with Crippen molar-refractivity contribution in [3.63, 3.8) is 0 Å². The normalized spacial score (nSPS) is 25.6. The number of hydrogen-bond acceptors (Lipinski definition) is 1. The van der Waals surface area contributed by atoms with Crippen molar-refractivity contribution in [1.82, 2.24) is 5.32 Å². The van der Waals surface area contributed by atoms with Crippen molar-refractivity contribution in [2.24, 2.45) is 4.99 Å². The van der Waals surface area contributed by atoms with E-state index in [1.54, 1.807) is 0 Å². The Bertz CT molecular complexity index is 81.7. The molecule has 1 rings (SSSR count). The Morgan fingerprint density at radius 3 is 3.00 bits per heavy atom. The number of nitrogens with one attached hydrogen (secondary N) is 1. The van der Waals surface area contributed by atoms with Crippen LogP contribution in [0.25, 0.3) is 0 Å². The first kappa shape index (κ1) is 5.13. The van der Waals surface area contributed by atoms with Gasteiger partial charge in [-0.15, -0.1) is 0 Å². The summed E-state index contributed by atoms with van der Waals surface area (Å²) in [6.07, 6.45) is 0. The summed E-state index contributed by atoms with van der Waals surface area (Å²) in [5, 5.41) is 4.50. The fraction of sp³-hybridized carbons (Fsp3) is 0.750. The van der Waals surface area contributed by atoms with Crippen LogP contribution in [-0.4, -0.2) is 33.3 Å². The molecule has 1 aliphatic heterocycles. The third-order valence-corrected chi connectivity index (χ3v) is 2.94. The van der Waals surface area contributed by atoms with Gasteiger partial charge in [-0.2, -0.15) is 0 Å². The van der Waals surface area contributed by atoms with Gasteiger partial charge in [-0.25, -0.2) is 0 Å². The zero-order valence-electron chi connectivity index (χ0n) is 4.27. The van der Waals surface area contributed by atoms with Crippen molar-refractivity contribution >= 4 is 19.7 Å². The molecule has 40 valence electrons. The quantitative estimate of drug-likeness (QED) is 0.487. The summed E-state index contributed by atoms with van der Waals surface area (Å²) < 4.78 is 1.23. The van der Waals surface area contributed by atoms with Gasteiger partial charge in [0.1, 0.15) is 0 Å². The van der Waals surface area contributed by atoms with Gasteiger partial charge in [0.15, 0.2) is 0 Å². The molecule has 0 radical (unpaired) electrons. The van der Waals surface area contributed by atoms with Gasteiger partial charge in [-0.05, 0) is 0 Å². The predicted molar refractivity (Wildman–Crippen MR) is 31.9 cm³/mol. The van der Waals surface area contributed by atoms with Gasteiger partial charge in [0.05, 0.1) is 0 Å². The van der Waals surface area contributed by atoms with Gasteiger partial charge in [0, 0.05) is 0 Å². The van der Waals surface area contributed by atoms with E-state index in [0.717, 1.165) is 6.54 Å². The number of amidine groups is 1. The molecule has 1 heterocycles. The summed E-state index contributed by atoms with van der Waals surface area (Å²) >= 11 is 0.675. The minimum absolute atomic E-state index is 0.675. The number of rotatable bonds is 0. The van der Waals surface area contributed by atoms with E-state index in [2.05, 4.69) is 10.3 Å². The average molecular weight is 163 g/mol. The Morgan fingerprint density at radius 1 is 1.86 bits per heavy atom. The summed E-state index contributed by atoms with van der Waals surface area (Å²) in [5.74, 6) is 0. The Balaban J connectivity index is 2.41. The van der Waals surface area contributed by atoms with Gasteiger partial charge in [0.25, 0.3) is 0 Å². The first-order valence-corrected chi connectivity index (χ1v) is 4.34. The third kappa shape index (κ3) is 1.18. The van der Waals surface area contributed by atoms with E-state index >= 15 is 0 Å². The van der Waals surface area contributed by atoms with E-state index in [9.17, 15) is 0 Å². The van der Waals surface area contributed by atoms with E-state index < -0.39 is 0 Å². The van der Waals surface area contributed by atoms with Crippen LogP contribution in [0.5, 0.6) is 0 Å². The number of hydrogen-bond donors (Lipinski definition) is 1. The third-order valence-electron chi connectivity index (χ3n) is 0.820. The van der Waals surface area contributed by atoms with E-state index in [-0.39, 0.29) is 0 Å². The molecule has 1 saturated heterocycles. The number of aliphatic imine (C=N–C) groups is 1. The molecule has 0 aromatic rings. The van der Waals surface area contributed by atoms with E-state index in [0.29, 0.717) is 15.0 Å². The molecule has 2 nitrogen and oxygen atoms in total. The monoisotopic (exact) mass is 164 g/mol. The molecule has 1 aliphatic rings. The fourth-order valence-corrected chi connectivity index (χ4v) is 2.03. The van der Waals surface area contributed by atoms with Crippen molar-refractivity contribution < 1.29 is 0 Å². The summed E-state index contributed by atoms with van der Waals surface area (Å²) in [6, 6.07) is 0. The molecule has 0 aromatic carbocycles. The molecule has 0 amide bonds. The minimum atomic E-state index is 0.675. The molecule has 3 heteroatoms. The Hall–Kier alpha value is -0.0105. The molecule has 7 heavy (non-hydrogen) atoms. The summed E-state index contributed by atoms with van der Waals surface area (Å²) in [5.41, 5.74) is 0. The molecule has 0 atom stereocenters. The van der Waals surface area contributed by atoms with Crippen LogP contribution in [-0.2, 0) is 0 Å². The van der Waals surface area contributed by atoms with Crippen LogP contribution in [0.4, 0.5) is 0 Å². The zero-order valence-corrected chi connectivity index (χ0v) is 5.98. The van der Waals surface area contributed by atoms with Gasteiger partial charge < -0.3 is 0 Å². The average Bonchev–Trinajstić information content (AvgIpc) is 2.14. The molecule has 1 N–H and O–H groups in total. The van der Waals surface area contributed by atoms with Crippen LogP contribution in [0.15, 0.2) is 4.99 Å². The van der Waals surface area contributed by atoms with Gasteiger partial charge in [-0.3, -0.25) is 0 Å². The Morgan fingerprint density at radius 2 is 2.71 bits per heavy atom. The van der Waals surface area contributed by atoms with Crippen LogP contribution >= 0.6 is 0 Å². The fourth-order valence-electron chi connectivity index (χ4n) is 0.500. The predicted octanol–water partition coefficient (Wildman–Crippen LogP) is -0.302. The Labute approximate surface area is 49.6 Å². The first-order chi connectivity index (χ1) is 3.43. The molecule has 1 fully saturated rings. The summed E-state index contributed by atoms with van der Waals surface area (Å²) in [6.45, 7) is 1.15. The standard InChI is InChI=1S/C4H8N2Se/c1-5-4-6-2-3-7-4/h2-3H2,1H3,(H,5,6). The van der Waals surface area contributed by atoms with Crippen LogP contribution in [0.2, 0.25) is 5.32 Å². The SMILES string of the molecule is CN=C1NCC[Se]1. The van der Waals surface area contributed by atoms with Crippen LogP contribution in [0.3, 0.4) is 0 Å². The van der Waals surface area contributed by atoms with Crippen molar-refractivity contribution in [1.29, 1.82) is 0 Å². The Kier molecular flexibility index (Phi) is 1.71. The second-order valence-electron chi connectivity index (χ2n) is 1.30. The molecule has 0 aromatic heterocycles. The maximum atomic E-state index is 4.02. The van der Waals surface area contributed by atoms with Crippen LogP contribution in [0.1, 0.15) is 0 Å². The van der Waals surface area contributed by atoms with Crippen LogP contribution < -0.4 is 5.32 Å². The molecular formula is C4H8N2Se. The zero-order chi connectivity index (χ0) is 5.11. The van der Waals surface area contributed by atoms with Crippen LogP contribution in [0, 0.1) is 0 Å². The molecular weight excluding hydrogens is 155 g/mol. The van der Waals surface area contributed by atoms with E-state index in [1.165, 1.54) is 10.1 Å². The second-order valence-corrected chi connectivity index (χ2v) is 3.58. The van der Waals surface area contributed by atoms with Crippen molar-refractivity contribution in [2.45, 2.75) is 5.32 Å². The number of nitrogens with zero attached hydrogens (tertiary/aromatic N) is 1. The molecule has 0 spiro atoms. The molecule has 0 aliphatic carbocycles. The van der Waals surface area contributed by atoms with E-state index in [4.69, 9.17) is 0 Å².